The van der Waals surface area contributed by atoms with Gasteiger partial charge in [0.05, 0.1) is 6.61 Å². The summed E-state index contributed by atoms with van der Waals surface area (Å²) in [6.45, 7) is 5.94. The second-order valence-corrected chi connectivity index (χ2v) is 6.56. The van der Waals surface area contributed by atoms with Crippen molar-refractivity contribution in [3.8, 4) is 5.75 Å². The summed E-state index contributed by atoms with van der Waals surface area (Å²) < 4.78 is 28.0. The highest BCUT2D eigenvalue weighted by atomic mass is 35.7. The lowest BCUT2D eigenvalue weighted by Gasteiger charge is -2.09. The topological polar surface area (TPSA) is 43.4 Å². The molecule has 0 atom stereocenters. The first-order valence-corrected chi connectivity index (χ1v) is 7.51. The second-order valence-electron chi connectivity index (χ2n) is 3.58. The van der Waals surface area contributed by atoms with E-state index in [-0.39, 0.29) is 15.7 Å². The number of rotatable bonds is 5. The van der Waals surface area contributed by atoms with E-state index in [1.54, 1.807) is 6.07 Å². The van der Waals surface area contributed by atoms with Crippen molar-refractivity contribution >= 4 is 31.3 Å². The van der Waals surface area contributed by atoms with Crippen LogP contribution < -0.4 is 4.74 Å². The van der Waals surface area contributed by atoms with Gasteiger partial charge in [-0.05, 0) is 25.1 Å². The van der Waals surface area contributed by atoms with Gasteiger partial charge in [0.25, 0.3) is 9.05 Å². The van der Waals surface area contributed by atoms with Crippen molar-refractivity contribution in [3.05, 3.63) is 35.4 Å². The van der Waals surface area contributed by atoms with Crippen LogP contribution in [0.25, 0.3) is 0 Å². The molecule has 6 heteroatoms. The molecule has 0 amide bonds. The first-order chi connectivity index (χ1) is 7.80. The summed E-state index contributed by atoms with van der Waals surface area (Å²) in [6.07, 6.45) is 0.643. The van der Waals surface area contributed by atoms with Crippen LogP contribution in [-0.4, -0.2) is 15.0 Å². The molecule has 1 rings (SSSR count). The maximum absolute atomic E-state index is 11.3. The highest BCUT2D eigenvalue weighted by Gasteiger charge is 2.17. The molecule has 1 aromatic carbocycles. The van der Waals surface area contributed by atoms with Crippen LogP contribution in [0.2, 0.25) is 5.02 Å². The van der Waals surface area contributed by atoms with Crippen molar-refractivity contribution in [2.24, 2.45) is 0 Å². The molecule has 0 N–H and O–H groups in total. The smallest absolute Gasteiger partial charge is 0.265 e. The van der Waals surface area contributed by atoms with Gasteiger partial charge in [0, 0.05) is 22.1 Å². The molecule has 3 nitrogen and oxygen atoms in total. The van der Waals surface area contributed by atoms with Crippen LogP contribution in [0.5, 0.6) is 5.75 Å². The average molecular weight is 295 g/mol. The third-order valence-corrected chi connectivity index (χ3v) is 3.53. The molecule has 0 aliphatic rings. The Morgan fingerprint density at radius 3 is 2.65 bits per heavy atom. The van der Waals surface area contributed by atoms with Gasteiger partial charge < -0.3 is 4.74 Å². The first kappa shape index (κ1) is 14.4. The zero-order chi connectivity index (χ0) is 13.1. The highest BCUT2D eigenvalue weighted by Crippen LogP contribution is 2.30. The minimum absolute atomic E-state index is 0.117. The van der Waals surface area contributed by atoms with Crippen LogP contribution in [-0.2, 0) is 9.05 Å². The Bertz CT molecular complexity index is 524. The number of benzene rings is 1. The van der Waals surface area contributed by atoms with Crippen molar-refractivity contribution in [2.45, 2.75) is 18.2 Å². The Hall–Kier alpha value is -0.710. The van der Waals surface area contributed by atoms with Gasteiger partial charge in [-0.1, -0.05) is 17.2 Å². The molecular weight excluding hydrogens is 283 g/mol. The monoisotopic (exact) mass is 294 g/mol. The van der Waals surface area contributed by atoms with Crippen molar-refractivity contribution in [1.29, 1.82) is 0 Å². The Morgan fingerprint density at radius 1 is 1.47 bits per heavy atom. The summed E-state index contributed by atoms with van der Waals surface area (Å²) in [5.74, 6) is 0.200. The predicted octanol–water partition coefficient (Wildman–Crippen LogP) is 3.61. The maximum atomic E-state index is 11.3. The van der Waals surface area contributed by atoms with E-state index in [1.165, 1.54) is 12.1 Å². The van der Waals surface area contributed by atoms with Crippen molar-refractivity contribution in [1.82, 2.24) is 0 Å². The first-order valence-electron chi connectivity index (χ1n) is 4.82. The van der Waals surface area contributed by atoms with Gasteiger partial charge in [-0.25, -0.2) is 8.42 Å². The lowest BCUT2D eigenvalue weighted by Crippen LogP contribution is -2.02. The highest BCUT2D eigenvalue weighted by molar-refractivity contribution is 8.13. The molecule has 1 aromatic rings. The fourth-order valence-electron chi connectivity index (χ4n) is 1.13. The molecule has 0 saturated carbocycles. The third-order valence-electron chi connectivity index (χ3n) is 1.95. The van der Waals surface area contributed by atoms with Gasteiger partial charge >= 0.3 is 0 Å². The fraction of sp³-hybridized carbons (Fsp3) is 0.273. The largest absolute Gasteiger partial charge is 0.492 e. The number of ether oxygens (including phenoxy) is 1. The van der Waals surface area contributed by atoms with E-state index >= 15 is 0 Å². The lowest BCUT2D eigenvalue weighted by molar-refractivity contribution is 0.313. The van der Waals surface area contributed by atoms with E-state index in [1.807, 2.05) is 6.92 Å². The standard InChI is InChI=1S/C11H12Cl2O3S/c1-8(2)5-6-16-10-4-3-9(12)7-11(10)17(13,14)15/h3-4,7H,1,5-6H2,2H3. The molecule has 0 bridgehead atoms. The fourth-order valence-corrected chi connectivity index (χ4v) is 2.36. The summed E-state index contributed by atoms with van der Waals surface area (Å²) in [5, 5.41) is 0.288. The van der Waals surface area contributed by atoms with Crippen molar-refractivity contribution < 1.29 is 13.2 Å². The van der Waals surface area contributed by atoms with Gasteiger partial charge in [0.2, 0.25) is 0 Å². The zero-order valence-corrected chi connectivity index (χ0v) is 11.6. The van der Waals surface area contributed by atoms with Gasteiger partial charge in [0.15, 0.2) is 0 Å². The van der Waals surface area contributed by atoms with E-state index in [2.05, 4.69) is 6.58 Å². The molecular formula is C11H12Cl2O3S. The van der Waals surface area contributed by atoms with Crippen LogP contribution in [0.4, 0.5) is 0 Å². The maximum Gasteiger partial charge on any atom is 0.265 e. The number of halogens is 2. The molecule has 0 aromatic heterocycles. The Kier molecular flexibility index (Phi) is 4.86. The molecule has 0 radical (unpaired) electrons. The van der Waals surface area contributed by atoms with Gasteiger partial charge in [0.1, 0.15) is 10.6 Å². The van der Waals surface area contributed by atoms with E-state index in [4.69, 9.17) is 27.0 Å². The quantitative estimate of drug-likeness (QED) is 0.615. The molecule has 0 aliphatic carbocycles. The Labute approximate surface area is 110 Å². The van der Waals surface area contributed by atoms with Crippen molar-refractivity contribution in [3.63, 3.8) is 0 Å². The van der Waals surface area contributed by atoms with Crippen LogP contribution in [0.15, 0.2) is 35.2 Å². The predicted molar refractivity (Wildman–Crippen MR) is 69.4 cm³/mol. The molecule has 0 heterocycles. The van der Waals surface area contributed by atoms with Crippen molar-refractivity contribution in [2.75, 3.05) is 6.61 Å². The molecule has 0 spiro atoms. The summed E-state index contributed by atoms with van der Waals surface area (Å²) in [6, 6.07) is 4.29. The zero-order valence-electron chi connectivity index (χ0n) is 9.24. The van der Waals surface area contributed by atoms with E-state index in [0.29, 0.717) is 13.0 Å². The van der Waals surface area contributed by atoms with Gasteiger partial charge in [-0.15, -0.1) is 6.58 Å². The Morgan fingerprint density at radius 2 is 2.12 bits per heavy atom. The van der Waals surface area contributed by atoms with E-state index in [9.17, 15) is 8.42 Å². The molecule has 0 saturated heterocycles. The normalized spacial score (nSPS) is 11.2. The SMILES string of the molecule is C=C(C)CCOc1ccc(Cl)cc1S(=O)(=O)Cl. The van der Waals surface area contributed by atoms with Crippen LogP contribution in [0, 0.1) is 0 Å². The second kappa shape index (κ2) is 5.76. The lowest BCUT2D eigenvalue weighted by atomic mass is 10.2. The third kappa shape index (κ3) is 4.58. The van der Waals surface area contributed by atoms with E-state index in [0.717, 1.165) is 5.57 Å². The summed E-state index contributed by atoms with van der Waals surface area (Å²) in [5.41, 5.74) is 0.953. The van der Waals surface area contributed by atoms with Gasteiger partial charge in [-0.3, -0.25) is 0 Å². The minimum atomic E-state index is -3.87. The minimum Gasteiger partial charge on any atom is -0.492 e. The Balaban J connectivity index is 2.95. The molecule has 0 fully saturated rings. The summed E-state index contributed by atoms with van der Waals surface area (Å²) in [4.78, 5) is -0.117. The molecule has 0 unspecified atom stereocenters. The molecule has 94 valence electrons. The molecule has 17 heavy (non-hydrogen) atoms. The van der Waals surface area contributed by atoms with E-state index < -0.39 is 9.05 Å². The number of hydrogen-bond acceptors (Lipinski definition) is 3. The van der Waals surface area contributed by atoms with Gasteiger partial charge in [-0.2, -0.15) is 0 Å². The van der Waals surface area contributed by atoms with Crippen LogP contribution in [0.1, 0.15) is 13.3 Å². The average Bonchev–Trinajstić information content (AvgIpc) is 2.18. The summed E-state index contributed by atoms with van der Waals surface area (Å²) >= 11 is 5.71. The van der Waals surface area contributed by atoms with Crippen LogP contribution >= 0.6 is 22.3 Å². The molecule has 0 aliphatic heterocycles. The summed E-state index contributed by atoms with van der Waals surface area (Å²) in [7, 11) is 1.43. The van der Waals surface area contributed by atoms with Crippen LogP contribution in [0.3, 0.4) is 0 Å². The number of hydrogen-bond donors (Lipinski definition) is 0.